The molecule has 0 unspecified atom stereocenters. The third kappa shape index (κ3) is 2.28. The Morgan fingerprint density at radius 3 is 2.69 bits per heavy atom. The molecule has 0 spiro atoms. The Labute approximate surface area is 95.3 Å². The summed E-state index contributed by atoms with van der Waals surface area (Å²) in [5, 5.41) is 7.49. The summed E-state index contributed by atoms with van der Waals surface area (Å²) in [4.78, 5) is 4.53. The normalized spacial score (nSPS) is 10.6. The van der Waals surface area contributed by atoms with E-state index in [0.717, 1.165) is 30.2 Å². The molecule has 0 amide bonds. The van der Waals surface area contributed by atoms with Gasteiger partial charge in [-0.25, -0.2) is 9.67 Å². The SMILES string of the molecule is CNCCc1nc(-c2ccccc2)n(C)n1. The van der Waals surface area contributed by atoms with Crippen molar-refractivity contribution in [2.45, 2.75) is 6.42 Å². The van der Waals surface area contributed by atoms with E-state index in [1.165, 1.54) is 0 Å². The summed E-state index contributed by atoms with van der Waals surface area (Å²) in [6.45, 7) is 0.901. The van der Waals surface area contributed by atoms with Crippen LogP contribution < -0.4 is 5.32 Å². The lowest BCUT2D eigenvalue weighted by Gasteiger charge is -1.97. The van der Waals surface area contributed by atoms with E-state index in [1.807, 2.05) is 49.1 Å². The summed E-state index contributed by atoms with van der Waals surface area (Å²) in [7, 11) is 3.86. The van der Waals surface area contributed by atoms with Crippen LogP contribution in [0.4, 0.5) is 0 Å². The number of benzene rings is 1. The largest absolute Gasteiger partial charge is 0.319 e. The molecule has 1 heterocycles. The molecule has 1 N–H and O–H groups in total. The lowest BCUT2D eigenvalue weighted by atomic mass is 10.2. The number of aryl methyl sites for hydroxylation is 1. The van der Waals surface area contributed by atoms with Gasteiger partial charge in [0.2, 0.25) is 0 Å². The van der Waals surface area contributed by atoms with Crippen molar-refractivity contribution < 1.29 is 0 Å². The molecule has 0 aliphatic carbocycles. The third-order valence-corrected chi connectivity index (χ3v) is 2.44. The summed E-state index contributed by atoms with van der Waals surface area (Å²) in [5.41, 5.74) is 1.10. The maximum atomic E-state index is 4.53. The second kappa shape index (κ2) is 4.90. The standard InChI is InChI=1S/C12H16N4/c1-13-9-8-11-14-12(16(2)15-11)10-6-4-3-5-7-10/h3-7,13H,8-9H2,1-2H3. The molecule has 1 aromatic carbocycles. The molecular weight excluding hydrogens is 200 g/mol. The van der Waals surface area contributed by atoms with Crippen molar-refractivity contribution in [2.24, 2.45) is 7.05 Å². The van der Waals surface area contributed by atoms with E-state index in [-0.39, 0.29) is 0 Å². The average Bonchev–Trinajstić information content (AvgIpc) is 2.69. The Balaban J connectivity index is 2.25. The number of rotatable bonds is 4. The number of hydrogen-bond donors (Lipinski definition) is 1. The van der Waals surface area contributed by atoms with Crippen LogP contribution in [0.5, 0.6) is 0 Å². The highest BCUT2D eigenvalue weighted by Gasteiger charge is 2.07. The Morgan fingerprint density at radius 2 is 2.00 bits per heavy atom. The molecule has 2 aromatic rings. The van der Waals surface area contributed by atoms with Gasteiger partial charge in [0.15, 0.2) is 11.6 Å². The summed E-state index contributed by atoms with van der Waals surface area (Å²) in [6.07, 6.45) is 0.858. The monoisotopic (exact) mass is 216 g/mol. The minimum Gasteiger partial charge on any atom is -0.319 e. The Kier molecular flexibility index (Phi) is 3.31. The van der Waals surface area contributed by atoms with Gasteiger partial charge < -0.3 is 5.32 Å². The van der Waals surface area contributed by atoms with Crippen LogP contribution in [0, 0.1) is 0 Å². The summed E-state index contributed by atoms with van der Waals surface area (Å²) in [5.74, 6) is 1.81. The van der Waals surface area contributed by atoms with Crippen LogP contribution in [0.3, 0.4) is 0 Å². The van der Waals surface area contributed by atoms with Crippen LogP contribution in [-0.2, 0) is 13.5 Å². The first-order valence-corrected chi connectivity index (χ1v) is 5.41. The van der Waals surface area contributed by atoms with Gasteiger partial charge in [0.1, 0.15) is 0 Å². The van der Waals surface area contributed by atoms with Crippen molar-refractivity contribution >= 4 is 0 Å². The molecule has 0 aliphatic rings. The van der Waals surface area contributed by atoms with Gasteiger partial charge in [-0.3, -0.25) is 0 Å². The predicted molar refractivity (Wildman–Crippen MR) is 64.1 cm³/mol. The number of nitrogens with one attached hydrogen (secondary N) is 1. The Hall–Kier alpha value is -1.68. The molecule has 0 radical (unpaired) electrons. The quantitative estimate of drug-likeness (QED) is 0.836. The minimum atomic E-state index is 0.858. The zero-order chi connectivity index (χ0) is 11.4. The van der Waals surface area contributed by atoms with Gasteiger partial charge in [0.25, 0.3) is 0 Å². The Morgan fingerprint density at radius 1 is 1.25 bits per heavy atom. The van der Waals surface area contributed by atoms with E-state index in [9.17, 15) is 0 Å². The summed E-state index contributed by atoms with van der Waals surface area (Å²) < 4.78 is 1.83. The van der Waals surface area contributed by atoms with Gasteiger partial charge >= 0.3 is 0 Å². The fourth-order valence-electron chi connectivity index (χ4n) is 1.62. The van der Waals surface area contributed by atoms with Crippen molar-refractivity contribution in [3.8, 4) is 11.4 Å². The third-order valence-electron chi connectivity index (χ3n) is 2.44. The molecule has 84 valence electrons. The smallest absolute Gasteiger partial charge is 0.158 e. The Bertz CT molecular complexity index is 447. The lowest BCUT2D eigenvalue weighted by molar-refractivity contribution is 0.717. The average molecular weight is 216 g/mol. The molecule has 0 saturated carbocycles. The summed E-state index contributed by atoms with van der Waals surface area (Å²) in [6, 6.07) is 10.1. The molecule has 2 rings (SSSR count). The zero-order valence-electron chi connectivity index (χ0n) is 9.64. The highest BCUT2D eigenvalue weighted by Crippen LogP contribution is 2.15. The highest BCUT2D eigenvalue weighted by atomic mass is 15.3. The first-order chi connectivity index (χ1) is 7.81. The lowest BCUT2D eigenvalue weighted by Crippen LogP contribution is -2.11. The van der Waals surface area contributed by atoms with Crippen molar-refractivity contribution in [2.75, 3.05) is 13.6 Å². The van der Waals surface area contributed by atoms with Gasteiger partial charge in [-0.2, -0.15) is 5.10 Å². The maximum Gasteiger partial charge on any atom is 0.158 e. The molecule has 0 fully saturated rings. The number of nitrogens with zero attached hydrogens (tertiary/aromatic N) is 3. The topological polar surface area (TPSA) is 42.7 Å². The number of hydrogen-bond acceptors (Lipinski definition) is 3. The van der Waals surface area contributed by atoms with E-state index in [4.69, 9.17) is 0 Å². The molecular formula is C12H16N4. The van der Waals surface area contributed by atoms with Crippen LogP contribution in [0.2, 0.25) is 0 Å². The fraction of sp³-hybridized carbons (Fsp3) is 0.333. The molecule has 0 atom stereocenters. The summed E-state index contributed by atoms with van der Waals surface area (Å²) >= 11 is 0. The second-order valence-corrected chi connectivity index (χ2v) is 3.69. The van der Waals surface area contributed by atoms with E-state index in [2.05, 4.69) is 15.4 Å². The van der Waals surface area contributed by atoms with E-state index in [0.29, 0.717) is 0 Å². The highest BCUT2D eigenvalue weighted by molar-refractivity contribution is 5.54. The minimum absolute atomic E-state index is 0.858. The fourth-order valence-corrected chi connectivity index (χ4v) is 1.62. The van der Waals surface area contributed by atoms with Gasteiger partial charge in [-0.05, 0) is 7.05 Å². The number of likely N-dealkylation sites (N-methyl/N-ethyl adjacent to an activating group) is 1. The van der Waals surface area contributed by atoms with Crippen LogP contribution in [0.25, 0.3) is 11.4 Å². The molecule has 0 saturated heterocycles. The van der Waals surface area contributed by atoms with Crippen LogP contribution in [0.1, 0.15) is 5.82 Å². The molecule has 16 heavy (non-hydrogen) atoms. The van der Waals surface area contributed by atoms with Gasteiger partial charge in [-0.15, -0.1) is 0 Å². The molecule has 4 nitrogen and oxygen atoms in total. The van der Waals surface area contributed by atoms with Crippen molar-refractivity contribution in [3.63, 3.8) is 0 Å². The zero-order valence-corrected chi connectivity index (χ0v) is 9.64. The van der Waals surface area contributed by atoms with E-state index < -0.39 is 0 Å². The second-order valence-electron chi connectivity index (χ2n) is 3.69. The molecule has 0 bridgehead atoms. The van der Waals surface area contributed by atoms with Crippen LogP contribution in [0.15, 0.2) is 30.3 Å². The first kappa shape index (κ1) is 10.8. The first-order valence-electron chi connectivity index (χ1n) is 5.41. The maximum absolute atomic E-state index is 4.53. The van der Waals surface area contributed by atoms with E-state index >= 15 is 0 Å². The molecule has 1 aromatic heterocycles. The molecule has 0 aliphatic heterocycles. The van der Waals surface area contributed by atoms with Crippen LogP contribution >= 0.6 is 0 Å². The molecule has 4 heteroatoms. The number of aromatic nitrogens is 3. The van der Waals surface area contributed by atoms with Crippen LogP contribution in [-0.4, -0.2) is 28.4 Å². The van der Waals surface area contributed by atoms with Gasteiger partial charge in [0, 0.05) is 25.6 Å². The van der Waals surface area contributed by atoms with Crippen molar-refractivity contribution in [1.29, 1.82) is 0 Å². The predicted octanol–water partition coefficient (Wildman–Crippen LogP) is 1.24. The van der Waals surface area contributed by atoms with Gasteiger partial charge in [0.05, 0.1) is 0 Å². The van der Waals surface area contributed by atoms with E-state index in [1.54, 1.807) is 0 Å². The van der Waals surface area contributed by atoms with Gasteiger partial charge in [-0.1, -0.05) is 30.3 Å². The van der Waals surface area contributed by atoms with Crippen molar-refractivity contribution in [3.05, 3.63) is 36.2 Å². The van der Waals surface area contributed by atoms with Crippen molar-refractivity contribution in [1.82, 2.24) is 20.1 Å².